The molecule has 0 atom stereocenters. The molecule has 4 aromatic rings. The number of anilines is 3. The van der Waals surface area contributed by atoms with E-state index in [0.29, 0.717) is 40.0 Å². The van der Waals surface area contributed by atoms with Gasteiger partial charge in [0.15, 0.2) is 11.4 Å². The van der Waals surface area contributed by atoms with E-state index in [1.165, 1.54) is 24.4 Å². The van der Waals surface area contributed by atoms with Crippen molar-refractivity contribution in [3.05, 3.63) is 65.3 Å². The molecule has 0 radical (unpaired) electrons. The van der Waals surface area contributed by atoms with Gasteiger partial charge in [-0.25, -0.2) is 4.39 Å². The van der Waals surface area contributed by atoms with Crippen molar-refractivity contribution in [2.24, 2.45) is 0 Å². The third-order valence-corrected chi connectivity index (χ3v) is 4.99. The molecule has 0 aliphatic rings. The number of hydrogen-bond acceptors (Lipinski definition) is 7. The third-order valence-electron chi connectivity index (χ3n) is 4.70. The van der Waals surface area contributed by atoms with Crippen molar-refractivity contribution >= 4 is 45.6 Å². The number of rotatable bonds is 7. The van der Waals surface area contributed by atoms with Crippen LogP contribution >= 0.6 is 11.6 Å². The van der Waals surface area contributed by atoms with Gasteiger partial charge in [0, 0.05) is 36.7 Å². The minimum Gasteiger partial charge on any atom is -0.436 e. The summed E-state index contributed by atoms with van der Waals surface area (Å²) in [5.41, 5.74) is 8.97. The Kier molecular flexibility index (Phi) is 5.83. The number of fused-ring (bicyclic) bond motifs is 1. The van der Waals surface area contributed by atoms with Gasteiger partial charge in [0.25, 0.3) is 0 Å². The summed E-state index contributed by atoms with van der Waals surface area (Å²) in [5, 5.41) is 12.7. The smallest absolute Gasteiger partial charge is 0.215 e. The van der Waals surface area contributed by atoms with E-state index in [0.717, 1.165) is 0 Å². The van der Waals surface area contributed by atoms with Gasteiger partial charge in [0.2, 0.25) is 5.88 Å². The van der Waals surface area contributed by atoms with Crippen LogP contribution in [-0.2, 0) is 0 Å². The van der Waals surface area contributed by atoms with E-state index in [9.17, 15) is 9.18 Å². The van der Waals surface area contributed by atoms with Gasteiger partial charge in [-0.05, 0) is 42.8 Å². The monoisotopic (exact) mass is 440 g/mol. The first-order valence-electron chi connectivity index (χ1n) is 9.47. The Hall–Kier alpha value is -3.49. The molecule has 0 saturated carbocycles. The second kappa shape index (κ2) is 8.71. The van der Waals surface area contributed by atoms with Gasteiger partial charge in [-0.1, -0.05) is 11.6 Å². The van der Waals surface area contributed by atoms with Crippen LogP contribution in [0, 0.1) is 5.82 Å². The SMILES string of the molecule is Nc1oc2c(-c3ccnc(C(=O)CCCO)c3)nccc2c1Nc1ccc(F)c(Cl)c1. The number of hydrogen-bond donors (Lipinski definition) is 3. The Bertz CT molecular complexity index is 1280. The van der Waals surface area contributed by atoms with E-state index in [1.54, 1.807) is 24.4 Å². The number of aliphatic hydroxyl groups excluding tert-OH is 1. The number of furan rings is 1. The van der Waals surface area contributed by atoms with Crippen LogP contribution in [0.2, 0.25) is 5.02 Å². The summed E-state index contributed by atoms with van der Waals surface area (Å²) in [6.07, 6.45) is 3.69. The highest BCUT2D eigenvalue weighted by atomic mass is 35.5. The van der Waals surface area contributed by atoms with Gasteiger partial charge in [0.05, 0.1) is 10.4 Å². The Balaban J connectivity index is 1.73. The maximum absolute atomic E-state index is 13.5. The van der Waals surface area contributed by atoms with Gasteiger partial charge in [0.1, 0.15) is 22.9 Å². The standard InChI is InChI=1S/C22H18ClFN4O3/c23-15-11-13(3-4-16(15)24)28-20-14-6-8-27-19(21(14)31-22(20)25)12-5-7-26-17(10-12)18(30)2-1-9-29/h3-8,10-11,28-29H,1-2,9,25H2. The molecule has 0 amide bonds. The number of nitrogens with one attached hydrogen (secondary N) is 1. The molecule has 4 rings (SSSR count). The number of carbonyl (C=O) groups is 1. The van der Waals surface area contributed by atoms with Crippen LogP contribution in [0.4, 0.5) is 21.6 Å². The van der Waals surface area contributed by atoms with Crippen molar-refractivity contribution in [3.63, 3.8) is 0 Å². The summed E-state index contributed by atoms with van der Waals surface area (Å²) in [6, 6.07) is 9.32. The Morgan fingerprint density at radius 3 is 2.77 bits per heavy atom. The topological polar surface area (TPSA) is 114 Å². The number of ketones is 1. The van der Waals surface area contributed by atoms with Crippen molar-refractivity contribution in [3.8, 4) is 11.3 Å². The molecule has 0 fully saturated rings. The van der Waals surface area contributed by atoms with E-state index in [2.05, 4.69) is 15.3 Å². The number of nitrogens with two attached hydrogens (primary N) is 1. The van der Waals surface area contributed by atoms with Crippen LogP contribution in [-0.4, -0.2) is 27.5 Å². The van der Waals surface area contributed by atoms with Crippen molar-refractivity contribution in [1.29, 1.82) is 0 Å². The summed E-state index contributed by atoms with van der Waals surface area (Å²) in [6.45, 7) is -0.0625. The quantitative estimate of drug-likeness (QED) is 0.348. The zero-order valence-electron chi connectivity index (χ0n) is 16.2. The van der Waals surface area contributed by atoms with Crippen LogP contribution in [0.1, 0.15) is 23.3 Å². The molecular formula is C22H18ClFN4O3. The Labute approximate surface area is 181 Å². The molecule has 0 spiro atoms. The number of aromatic nitrogens is 2. The molecule has 0 bridgehead atoms. The van der Waals surface area contributed by atoms with E-state index in [1.807, 2.05) is 0 Å². The maximum atomic E-state index is 13.5. The summed E-state index contributed by atoms with van der Waals surface area (Å²) < 4.78 is 19.2. The number of nitrogen functional groups attached to an aromatic ring is 1. The first kappa shape index (κ1) is 20.8. The lowest BCUT2D eigenvalue weighted by atomic mass is 10.1. The number of pyridine rings is 2. The lowest BCUT2D eigenvalue weighted by Crippen LogP contribution is -2.03. The van der Waals surface area contributed by atoms with Crippen molar-refractivity contribution < 1.29 is 18.7 Å². The first-order chi connectivity index (χ1) is 15.0. The predicted molar refractivity (Wildman–Crippen MR) is 117 cm³/mol. The van der Waals surface area contributed by atoms with Crippen LogP contribution in [0.5, 0.6) is 0 Å². The zero-order chi connectivity index (χ0) is 22.0. The second-order valence-corrected chi connectivity index (χ2v) is 7.22. The molecule has 3 aromatic heterocycles. The van der Waals surface area contributed by atoms with Crippen molar-refractivity contribution in [1.82, 2.24) is 9.97 Å². The molecule has 4 N–H and O–H groups in total. The molecule has 9 heteroatoms. The van der Waals surface area contributed by atoms with Crippen LogP contribution < -0.4 is 11.1 Å². The fourth-order valence-corrected chi connectivity index (χ4v) is 3.37. The fourth-order valence-electron chi connectivity index (χ4n) is 3.19. The van der Waals surface area contributed by atoms with Gasteiger partial charge in [-0.2, -0.15) is 0 Å². The number of benzene rings is 1. The summed E-state index contributed by atoms with van der Waals surface area (Å²) >= 11 is 5.86. The molecule has 0 saturated heterocycles. The number of halogens is 2. The number of nitrogens with zero attached hydrogens (tertiary/aromatic N) is 2. The minimum absolute atomic E-state index is 0.0195. The summed E-state index contributed by atoms with van der Waals surface area (Å²) in [7, 11) is 0. The number of carbonyl (C=O) groups excluding carboxylic acids is 1. The molecule has 3 heterocycles. The summed E-state index contributed by atoms with van der Waals surface area (Å²) in [5.74, 6) is -0.568. The number of aliphatic hydroxyl groups is 1. The van der Waals surface area contributed by atoms with E-state index in [-0.39, 0.29) is 35.4 Å². The predicted octanol–water partition coefficient (Wildman–Crippen LogP) is 4.96. The van der Waals surface area contributed by atoms with Gasteiger partial charge >= 0.3 is 0 Å². The highest BCUT2D eigenvalue weighted by molar-refractivity contribution is 6.31. The first-order valence-corrected chi connectivity index (χ1v) is 9.85. The Morgan fingerprint density at radius 2 is 2.00 bits per heavy atom. The molecule has 158 valence electrons. The average molecular weight is 441 g/mol. The number of Topliss-reactive ketones (excluding diaryl/α,β-unsaturated/α-hetero) is 1. The molecule has 7 nitrogen and oxygen atoms in total. The normalized spacial score (nSPS) is 11.1. The molecule has 0 aliphatic heterocycles. The van der Waals surface area contributed by atoms with E-state index in [4.69, 9.17) is 26.9 Å². The van der Waals surface area contributed by atoms with Crippen LogP contribution in [0.3, 0.4) is 0 Å². The molecular weight excluding hydrogens is 423 g/mol. The third kappa shape index (κ3) is 4.21. The van der Waals surface area contributed by atoms with E-state index < -0.39 is 5.82 Å². The molecule has 1 aromatic carbocycles. The Morgan fingerprint density at radius 1 is 1.19 bits per heavy atom. The fraction of sp³-hybridized carbons (Fsp3) is 0.136. The van der Waals surface area contributed by atoms with Crippen LogP contribution in [0.25, 0.3) is 22.2 Å². The van der Waals surface area contributed by atoms with Gasteiger partial charge < -0.3 is 20.6 Å². The van der Waals surface area contributed by atoms with Gasteiger partial charge in [-0.15, -0.1) is 0 Å². The van der Waals surface area contributed by atoms with Crippen LogP contribution in [0.15, 0.2) is 53.2 Å². The highest BCUT2D eigenvalue weighted by Gasteiger charge is 2.18. The minimum atomic E-state index is -0.522. The van der Waals surface area contributed by atoms with Crippen molar-refractivity contribution in [2.45, 2.75) is 12.8 Å². The lowest BCUT2D eigenvalue weighted by molar-refractivity contribution is 0.0966. The van der Waals surface area contributed by atoms with Crippen molar-refractivity contribution in [2.75, 3.05) is 17.7 Å². The average Bonchev–Trinajstić information content (AvgIpc) is 3.09. The maximum Gasteiger partial charge on any atom is 0.215 e. The lowest BCUT2D eigenvalue weighted by Gasteiger charge is -2.07. The second-order valence-electron chi connectivity index (χ2n) is 6.81. The molecule has 0 aliphatic carbocycles. The molecule has 0 unspecified atom stereocenters. The highest BCUT2D eigenvalue weighted by Crippen LogP contribution is 2.39. The van der Waals surface area contributed by atoms with Gasteiger partial charge in [-0.3, -0.25) is 14.8 Å². The van der Waals surface area contributed by atoms with E-state index >= 15 is 0 Å². The largest absolute Gasteiger partial charge is 0.436 e. The summed E-state index contributed by atoms with van der Waals surface area (Å²) in [4.78, 5) is 20.8. The molecule has 31 heavy (non-hydrogen) atoms. The zero-order valence-corrected chi connectivity index (χ0v) is 17.0.